The molecule has 4 unspecified atom stereocenters. The highest BCUT2D eigenvalue weighted by molar-refractivity contribution is 6.24. The van der Waals surface area contributed by atoms with Gasteiger partial charge >= 0.3 is 0 Å². The second-order valence-electron chi connectivity index (χ2n) is 9.44. The van der Waals surface area contributed by atoms with Gasteiger partial charge in [0, 0.05) is 28.2 Å². The summed E-state index contributed by atoms with van der Waals surface area (Å²) >= 11 is 0. The van der Waals surface area contributed by atoms with E-state index in [0.717, 1.165) is 16.3 Å². The van der Waals surface area contributed by atoms with E-state index >= 15 is 0 Å². The number of hydrogen-bond acceptors (Lipinski definition) is 6. The molecule has 7 nitrogen and oxygen atoms in total. The number of Topliss-reactive ketones (excluding diaryl/α,β-unsaturated/α-hetero) is 1. The highest BCUT2D eigenvalue weighted by Crippen LogP contribution is 2.56. The molecular formula is C27H21NO6. The zero-order valence-corrected chi connectivity index (χ0v) is 18.3. The van der Waals surface area contributed by atoms with Crippen LogP contribution in [0.1, 0.15) is 31.2 Å². The zero-order chi connectivity index (χ0) is 23.9. The van der Waals surface area contributed by atoms with Crippen molar-refractivity contribution in [2.75, 3.05) is 0 Å². The molecule has 2 N–H and O–H groups in total. The summed E-state index contributed by atoms with van der Waals surface area (Å²) < 4.78 is 0. The summed E-state index contributed by atoms with van der Waals surface area (Å²) in [5.41, 5.74) is 2.20. The monoisotopic (exact) mass is 455 g/mol. The Morgan fingerprint density at radius 3 is 2.53 bits per heavy atom. The molecule has 1 heterocycles. The van der Waals surface area contributed by atoms with Crippen molar-refractivity contribution in [2.24, 2.45) is 17.8 Å². The molecule has 7 heteroatoms. The van der Waals surface area contributed by atoms with Gasteiger partial charge < -0.3 is 5.11 Å². The van der Waals surface area contributed by atoms with Gasteiger partial charge in [0.05, 0.1) is 11.8 Å². The van der Waals surface area contributed by atoms with Gasteiger partial charge in [0.1, 0.15) is 5.75 Å². The quantitative estimate of drug-likeness (QED) is 0.295. The minimum atomic E-state index is -0.819. The fourth-order valence-electron chi connectivity index (χ4n) is 6.28. The van der Waals surface area contributed by atoms with E-state index in [1.807, 2.05) is 30.3 Å². The molecule has 1 saturated heterocycles. The molecule has 6 rings (SSSR count). The average Bonchev–Trinajstić information content (AvgIpc) is 3.05. The van der Waals surface area contributed by atoms with Gasteiger partial charge in [0.25, 0.3) is 11.8 Å². The van der Waals surface area contributed by atoms with Gasteiger partial charge in [-0.25, -0.2) is 0 Å². The number of hydrogen-bond donors (Lipinski definition) is 2. The van der Waals surface area contributed by atoms with Crippen molar-refractivity contribution in [3.05, 3.63) is 76.4 Å². The molecule has 1 aliphatic heterocycles. The Hall–Kier alpha value is -3.84. The topological polar surface area (TPSA) is 112 Å². The van der Waals surface area contributed by atoms with E-state index in [1.54, 1.807) is 19.1 Å². The van der Waals surface area contributed by atoms with E-state index in [9.17, 15) is 29.5 Å². The van der Waals surface area contributed by atoms with Crippen molar-refractivity contribution in [3.8, 4) is 5.75 Å². The first-order chi connectivity index (χ1) is 16.3. The number of rotatable bonds is 1. The third-order valence-corrected chi connectivity index (χ3v) is 7.78. The molecular weight excluding hydrogens is 434 g/mol. The smallest absolute Gasteiger partial charge is 0.257 e. The molecule has 0 saturated carbocycles. The Morgan fingerprint density at radius 1 is 0.971 bits per heavy atom. The van der Waals surface area contributed by atoms with Crippen LogP contribution in [0, 0.1) is 17.8 Å². The number of hydroxylamine groups is 2. The molecule has 4 aliphatic rings. The lowest BCUT2D eigenvalue weighted by molar-refractivity contribution is -0.173. The van der Waals surface area contributed by atoms with Crippen LogP contribution in [0.3, 0.4) is 0 Å². The maximum absolute atomic E-state index is 13.3. The number of amides is 2. The lowest BCUT2D eigenvalue weighted by Crippen LogP contribution is -2.39. The van der Waals surface area contributed by atoms with Gasteiger partial charge in [0.15, 0.2) is 11.6 Å². The number of phenolic OH excluding ortho intramolecular Hbond substituents is 1. The molecule has 2 aromatic carbocycles. The Bertz CT molecular complexity index is 1440. The number of aromatic hydroxyl groups is 1. The van der Waals surface area contributed by atoms with Crippen LogP contribution in [0.4, 0.5) is 0 Å². The predicted molar refractivity (Wildman–Crippen MR) is 121 cm³/mol. The molecule has 0 bridgehead atoms. The van der Waals surface area contributed by atoms with Crippen LogP contribution >= 0.6 is 0 Å². The largest absolute Gasteiger partial charge is 0.508 e. The van der Waals surface area contributed by atoms with Crippen LogP contribution in [0.25, 0.3) is 10.8 Å². The first kappa shape index (κ1) is 20.7. The fourth-order valence-corrected chi connectivity index (χ4v) is 6.28. The molecule has 0 spiro atoms. The van der Waals surface area contributed by atoms with Gasteiger partial charge in [0.2, 0.25) is 0 Å². The van der Waals surface area contributed by atoms with Crippen molar-refractivity contribution >= 4 is 34.2 Å². The number of phenols is 1. The standard InChI is InChI=1S/C27H21NO6/c1-12-10-20(30)23-18(25(12)31)11-17-15(7-8-16-21(17)27(33)28(34)26(16)32)24(23)22-14-5-3-2-4-13(14)6-9-19(22)29/h2-7,9-10,16-17,21,24,29,34H,8,11H2,1H3. The summed E-state index contributed by atoms with van der Waals surface area (Å²) in [6.07, 6.45) is 3.56. The first-order valence-electron chi connectivity index (χ1n) is 11.3. The minimum Gasteiger partial charge on any atom is -0.508 e. The third kappa shape index (κ3) is 2.61. The van der Waals surface area contributed by atoms with E-state index in [-0.39, 0.29) is 35.2 Å². The van der Waals surface area contributed by atoms with E-state index in [0.29, 0.717) is 22.3 Å². The highest BCUT2D eigenvalue weighted by atomic mass is 16.5. The second kappa shape index (κ2) is 7.08. The van der Waals surface area contributed by atoms with Crippen LogP contribution in [0.2, 0.25) is 0 Å². The number of ketones is 2. The van der Waals surface area contributed by atoms with Gasteiger partial charge in [-0.2, -0.15) is 5.06 Å². The number of fused-ring (bicyclic) bond motifs is 4. The summed E-state index contributed by atoms with van der Waals surface area (Å²) in [5, 5.41) is 22.9. The number of imide groups is 1. The minimum absolute atomic E-state index is 0.0108. The maximum Gasteiger partial charge on any atom is 0.257 e. The number of carbonyl (C=O) groups is 4. The lowest BCUT2D eigenvalue weighted by atomic mass is 9.59. The summed E-state index contributed by atoms with van der Waals surface area (Å²) in [6, 6.07) is 10.8. The summed E-state index contributed by atoms with van der Waals surface area (Å²) in [6.45, 7) is 1.59. The zero-order valence-electron chi connectivity index (χ0n) is 18.3. The Morgan fingerprint density at radius 2 is 1.74 bits per heavy atom. The van der Waals surface area contributed by atoms with Gasteiger partial charge in [-0.1, -0.05) is 42.0 Å². The molecule has 4 atom stereocenters. The first-order valence-corrected chi connectivity index (χ1v) is 11.3. The van der Waals surface area contributed by atoms with Crippen molar-refractivity contribution in [1.82, 2.24) is 5.06 Å². The maximum atomic E-state index is 13.3. The van der Waals surface area contributed by atoms with Crippen LogP contribution in [0.15, 0.2) is 70.8 Å². The van der Waals surface area contributed by atoms with Gasteiger partial charge in [-0.3, -0.25) is 24.4 Å². The highest BCUT2D eigenvalue weighted by Gasteiger charge is 2.56. The molecule has 0 radical (unpaired) electrons. The van der Waals surface area contributed by atoms with Gasteiger partial charge in [-0.15, -0.1) is 0 Å². The van der Waals surface area contributed by atoms with E-state index in [1.165, 1.54) is 6.08 Å². The van der Waals surface area contributed by atoms with E-state index in [2.05, 4.69) is 0 Å². The SMILES string of the molecule is CC1=CC(=O)C2=C(CC3C(=CCC4C(=O)N(O)C(=O)C43)C2c2c(O)ccc3ccccc23)C1=O. The van der Waals surface area contributed by atoms with Crippen molar-refractivity contribution in [2.45, 2.75) is 25.7 Å². The Labute approximate surface area is 194 Å². The molecule has 1 fully saturated rings. The number of benzene rings is 2. The van der Waals surface area contributed by atoms with Crippen molar-refractivity contribution < 1.29 is 29.5 Å². The number of nitrogens with zero attached hydrogens (tertiary/aromatic N) is 1. The molecule has 3 aliphatic carbocycles. The van der Waals surface area contributed by atoms with E-state index < -0.39 is 35.5 Å². The Kier molecular flexibility index (Phi) is 4.32. The van der Waals surface area contributed by atoms with Crippen LogP contribution in [-0.2, 0) is 19.2 Å². The van der Waals surface area contributed by atoms with Crippen LogP contribution < -0.4 is 0 Å². The van der Waals surface area contributed by atoms with Crippen LogP contribution in [0.5, 0.6) is 5.75 Å². The predicted octanol–water partition coefficient (Wildman–Crippen LogP) is 3.36. The third-order valence-electron chi connectivity index (χ3n) is 7.78. The second-order valence-corrected chi connectivity index (χ2v) is 9.44. The average molecular weight is 455 g/mol. The number of allylic oxidation sites excluding steroid dienone is 6. The molecule has 2 aromatic rings. The van der Waals surface area contributed by atoms with Gasteiger partial charge in [-0.05, 0) is 48.6 Å². The summed E-state index contributed by atoms with van der Waals surface area (Å²) in [4.78, 5) is 52.0. The van der Waals surface area contributed by atoms with Crippen LogP contribution in [-0.4, -0.2) is 38.8 Å². The molecule has 0 aromatic heterocycles. The fraction of sp³-hybridized carbons (Fsp3) is 0.259. The molecule has 34 heavy (non-hydrogen) atoms. The summed E-state index contributed by atoms with van der Waals surface area (Å²) in [5.74, 6) is -4.70. The molecule has 2 amide bonds. The normalized spacial score (nSPS) is 28.6. The van der Waals surface area contributed by atoms with Crippen molar-refractivity contribution in [3.63, 3.8) is 0 Å². The Balaban J connectivity index is 1.64. The molecule has 170 valence electrons. The summed E-state index contributed by atoms with van der Waals surface area (Å²) in [7, 11) is 0. The van der Waals surface area contributed by atoms with Crippen molar-refractivity contribution in [1.29, 1.82) is 0 Å². The number of carbonyl (C=O) groups excluding carboxylic acids is 4. The lowest BCUT2D eigenvalue weighted by Gasteiger charge is -2.42. The van der Waals surface area contributed by atoms with E-state index in [4.69, 9.17) is 0 Å².